The Morgan fingerprint density at radius 3 is 2.65 bits per heavy atom. The lowest BCUT2D eigenvalue weighted by Gasteiger charge is -2.16. The van der Waals surface area contributed by atoms with E-state index in [-0.39, 0.29) is 11.2 Å². The number of ether oxygens (including phenoxy) is 1. The maximum Gasteiger partial charge on any atom is 0.228 e. The van der Waals surface area contributed by atoms with Crippen LogP contribution < -0.4 is 9.64 Å². The standard InChI is InChI=1S/C13H17NO2S/c1-2-7-16-11-5-3-10(4-6-11)14-9-12(17)8-13(14)15/h3-6,12,17H,2,7-9H2,1H3. The molecule has 1 amide bonds. The van der Waals surface area contributed by atoms with Crippen molar-refractivity contribution in [3.05, 3.63) is 24.3 Å². The molecule has 1 aromatic carbocycles. The van der Waals surface area contributed by atoms with Gasteiger partial charge in [0.25, 0.3) is 0 Å². The molecule has 17 heavy (non-hydrogen) atoms. The molecule has 2 rings (SSSR count). The number of carbonyl (C=O) groups excluding carboxylic acids is 1. The Labute approximate surface area is 107 Å². The van der Waals surface area contributed by atoms with Crippen molar-refractivity contribution in [3.63, 3.8) is 0 Å². The van der Waals surface area contributed by atoms with Crippen LogP contribution in [0.2, 0.25) is 0 Å². The van der Waals surface area contributed by atoms with E-state index < -0.39 is 0 Å². The molecule has 0 saturated carbocycles. The van der Waals surface area contributed by atoms with Crippen LogP contribution in [0.5, 0.6) is 5.75 Å². The number of thiol groups is 1. The summed E-state index contributed by atoms with van der Waals surface area (Å²) in [7, 11) is 0. The number of hydrogen-bond donors (Lipinski definition) is 1. The molecule has 0 N–H and O–H groups in total. The molecular formula is C13H17NO2S. The summed E-state index contributed by atoms with van der Waals surface area (Å²) in [4.78, 5) is 13.5. The second kappa shape index (κ2) is 5.45. The summed E-state index contributed by atoms with van der Waals surface area (Å²) in [6, 6.07) is 7.66. The number of benzene rings is 1. The molecule has 0 aliphatic carbocycles. The lowest BCUT2D eigenvalue weighted by atomic mass is 10.3. The van der Waals surface area contributed by atoms with Crippen LogP contribution in [-0.4, -0.2) is 24.3 Å². The summed E-state index contributed by atoms with van der Waals surface area (Å²) in [5, 5.41) is 0.151. The fraction of sp³-hybridized carbons (Fsp3) is 0.462. The minimum atomic E-state index is 0.146. The minimum Gasteiger partial charge on any atom is -0.494 e. The van der Waals surface area contributed by atoms with E-state index in [1.54, 1.807) is 4.90 Å². The van der Waals surface area contributed by atoms with Crippen LogP contribution in [0.25, 0.3) is 0 Å². The highest BCUT2D eigenvalue weighted by Crippen LogP contribution is 2.25. The van der Waals surface area contributed by atoms with Crippen LogP contribution in [-0.2, 0) is 4.79 Å². The molecular weight excluding hydrogens is 234 g/mol. The van der Waals surface area contributed by atoms with Gasteiger partial charge in [0.1, 0.15) is 5.75 Å². The van der Waals surface area contributed by atoms with E-state index in [1.807, 2.05) is 24.3 Å². The average molecular weight is 251 g/mol. The summed E-state index contributed by atoms with van der Waals surface area (Å²) >= 11 is 4.34. The van der Waals surface area contributed by atoms with E-state index in [1.165, 1.54) is 0 Å². The van der Waals surface area contributed by atoms with Crippen molar-refractivity contribution in [2.75, 3.05) is 18.1 Å². The zero-order valence-electron chi connectivity index (χ0n) is 9.93. The molecule has 1 heterocycles. The highest BCUT2D eigenvalue weighted by molar-refractivity contribution is 7.81. The normalized spacial score (nSPS) is 19.8. The van der Waals surface area contributed by atoms with Gasteiger partial charge in [-0.25, -0.2) is 0 Å². The highest BCUT2D eigenvalue weighted by Gasteiger charge is 2.28. The van der Waals surface area contributed by atoms with Crippen LogP contribution >= 0.6 is 12.6 Å². The van der Waals surface area contributed by atoms with Crippen LogP contribution in [0.15, 0.2) is 24.3 Å². The van der Waals surface area contributed by atoms with Gasteiger partial charge in [-0.05, 0) is 30.7 Å². The molecule has 3 nitrogen and oxygen atoms in total. The SMILES string of the molecule is CCCOc1ccc(N2CC(S)CC2=O)cc1. The van der Waals surface area contributed by atoms with E-state index in [9.17, 15) is 4.79 Å². The van der Waals surface area contributed by atoms with Crippen LogP contribution in [0.3, 0.4) is 0 Å². The summed E-state index contributed by atoms with van der Waals surface area (Å²) in [5.74, 6) is 0.997. The lowest BCUT2D eigenvalue weighted by molar-refractivity contribution is -0.117. The first-order valence-corrected chi connectivity index (χ1v) is 6.43. The van der Waals surface area contributed by atoms with Crippen molar-refractivity contribution >= 4 is 24.2 Å². The molecule has 0 radical (unpaired) electrons. The third kappa shape index (κ3) is 2.94. The first kappa shape index (κ1) is 12.3. The van der Waals surface area contributed by atoms with Gasteiger partial charge in [-0.15, -0.1) is 0 Å². The number of anilines is 1. The predicted octanol–water partition coefficient (Wildman–Crippen LogP) is 2.51. The zero-order valence-corrected chi connectivity index (χ0v) is 10.8. The third-order valence-electron chi connectivity index (χ3n) is 2.73. The average Bonchev–Trinajstić information content (AvgIpc) is 2.66. The smallest absolute Gasteiger partial charge is 0.228 e. The quantitative estimate of drug-likeness (QED) is 0.833. The molecule has 0 spiro atoms. The Balaban J connectivity index is 2.05. The van der Waals surface area contributed by atoms with Crippen molar-refractivity contribution in [2.24, 2.45) is 0 Å². The van der Waals surface area contributed by atoms with Crippen molar-refractivity contribution in [1.29, 1.82) is 0 Å². The van der Waals surface area contributed by atoms with Gasteiger partial charge in [0.2, 0.25) is 5.91 Å². The Morgan fingerprint density at radius 1 is 1.41 bits per heavy atom. The van der Waals surface area contributed by atoms with Gasteiger partial charge >= 0.3 is 0 Å². The van der Waals surface area contributed by atoms with Gasteiger partial charge < -0.3 is 9.64 Å². The lowest BCUT2D eigenvalue weighted by Crippen LogP contribution is -2.24. The Kier molecular flexibility index (Phi) is 3.94. The van der Waals surface area contributed by atoms with Gasteiger partial charge in [0.05, 0.1) is 6.61 Å². The third-order valence-corrected chi connectivity index (χ3v) is 3.07. The van der Waals surface area contributed by atoms with Crippen molar-refractivity contribution in [3.8, 4) is 5.75 Å². The van der Waals surface area contributed by atoms with E-state index in [0.717, 1.165) is 24.5 Å². The Bertz CT molecular complexity index is 391. The van der Waals surface area contributed by atoms with Gasteiger partial charge in [0.15, 0.2) is 0 Å². The first-order chi connectivity index (χ1) is 8.20. The molecule has 92 valence electrons. The molecule has 1 aliphatic heterocycles. The Morgan fingerprint density at radius 2 is 2.12 bits per heavy atom. The molecule has 1 unspecified atom stereocenters. The van der Waals surface area contributed by atoms with Gasteiger partial charge in [-0.3, -0.25) is 4.79 Å². The second-order valence-electron chi connectivity index (χ2n) is 4.20. The van der Waals surface area contributed by atoms with Crippen molar-refractivity contribution in [2.45, 2.75) is 25.0 Å². The molecule has 1 fully saturated rings. The number of hydrogen-bond acceptors (Lipinski definition) is 3. The molecule has 1 aliphatic rings. The van der Waals surface area contributed by atoms with Gasteiger partial charge in [0, 0.05) is 23.9 Å². The topological polar surface area (TPSA) is 29.5 Å². The summed E-state index contributed by atoms with van der Waals surface area (Å²) in [5.41, 5.74) is 0.926. The maximum absolute atomic E-state index is 11.7. The van der Waals surface area contributed by atoms with E-state index in [0.29, 0.717) is 13.0 Å². The van der Waals surface area contributed by atoms with E-state index >= 15 is 0 Å². The zero-order chi connectivity index (χ0) is 12.3. The number of nitrogens with zero attached hydrogens (tertiary/aromatic N) is 1. The van der Waals surface area contributed by atoms with Gasteiger partial charge in [-0.1, -0.05) is 6.92 Å². The number of carbonyl (C=O) groups is 1. The van der Waals surface area contributed by atoms with E-state index in [2.05, 4.69) is 19.6 Å². The molecule has 0 bridgehead atoms. The first-order valence-electron chi connectivity index (χ1n) is 5.92. The minimum absolute atomic E-state index is 0.146. The summed E-state index contributed by atoms with van der Waals surface area (Å²) in [6.45, 7) is 3.49. The molecule has 1 atom stereocenters. The van der Waals surface area contributed by atoms with Gasteiger partial charge in [-0.2, -0.15) is 12.6 Å². The van der Waals surface area contributed by atoms with Crippen LogP contribution in [0, 0.1) is 0 Å². The molecule has 1 saturated heterocycles. The second-order valence-corrected chi connectivity index (χ2v) is 4.93. The monoisotopic (exact) mass is 251 g/mol. The number of amides is 1. The van der Waals surface area contributed by atoms with Crippen LogP contribution in [0.4, 0.5) is 5.69 Å². The fourth-order valence-electron chi connectivity index (χ4n) is 1.88. The maximum atomic E-state index is 11.7. The predicted molar refractivity (Wildman–Crippen MR) is 72.0 cm³/mol. The van der Waals surface area contributed by atoms with Crippen LogP contribution in [0.1, 0.15) is 19.8 Å². The summed E-state index contributed by atoms with van der Waals surface area (Å²) in [6.07, 6.45) is 1.52. The summed E-state index contributed by atoms with van der Waals surface area (Å²) < 4.78 is 5.50. The molecule has 1 aromatic rings. The molecule has 4 heteroatoms. The van der Waals surface area contributed by atoms with Crippen molar-refractivity contribution < 1.29 is 9.53 Å². The number of rotatable bonds is 4. The fourth-order valence-corrected chi connectivity index (χ4v) is 2.20. The largest absolute Gasteiger partial charge is 0.494 e. The molecule has 0 aromatic heterocycles. The Hall–Kier alpha value is -1.16. The van der Waals surface area contributed by atoms with E-state index in [4.69, 9.17) is 4.74 Å². The van der Waals surface area contributed by atoms with Crippen molar-refractivity contribution in [1.82, 2.24) is 0 Å². The highest BCUT2D eigenvalue weighted by atomic mass is 32.1.